The average molecular weight is 274 g/mol. The summed E-state index contributed by atoms with van der Waals surface area (Å²) in [5.74, 6) is 0.572. The molecule has 0 saturated heterocycles. The number of aliphatic hydroxyl groups excluding tert-OH is 1. The maximum absolute atomic E-state index is 10.9. The second kappa shape index (κ2) is 6.42. The number of benzene rings is 1. The predicted octanol–water partition coefficient (Wildman–Crippen LogP) is 1.88. The summed E-state index contributed by atoms with van der Waals surface area (Å²) >= 11 is 1.56. The van der Waals surface area contributed by atoms with Crippen LogP contribution in [0.5, 0.6) is 0 Å². The van der Waals surface area contributed by atoms with E-state index >= 15 is 0 Å². The fourth-order valence-electron chi connectivity index (χ4n) is 1.34. The van der Waals surface area contributed by atoms with Crippen molar-refractivity contribution in [3.63, 3.8) is 0 Å². The van der Waals surface area contributed by atoms with Crippen molar-refractivity contribution < 1.29 is 13.5 Å². The van der Waals surface area contributed by atoms with Crippen LogP contribution in [0.4, 0.5) is 0 Å². The Kier molecular flexibility index (Phi) is 5.49. The fourth-order valence-corrected chi connectivity index (χ4v) is 3.05. The van der Waals surface area contributed by atoms with Gasteiger partial charge in [-0.2, -0.15) is 0 Å². The molecule has 3 nitrogen and oxygen atoms in total. The molecule has 1 unspecified atom stereocenters. The third-order valence-electron chi connectivity index (χ3n) is 2.35. The molecule has 1 aromatic rings. The smallest absolute Gasteiger partial charge is 0.147 e. The topological polar surface area (TPSA) is 54.4 Å². The van der Waals surface area contributed by atoms with E-state index in [1.807, 2.05) is 31.2 Å². The highest BCUT2D eigenvalue weighted by Gasteiger charge is 2.10. The van der Waals surface area contributed by atoms with Crippen LogP contribution in [0, 0.1) is 6.92 Å². The Morgan fingerprint density at radius 3 is 2.59 bits per heavy atom. The van der Waals surface area contributed by atoms with Gasteiger partial charge in [-0.25, -0.2) is 8.42 Å². The number of aryl methyl sites for hydroxylation is 1. The lowest BCUT2D eigenvalue weighted by Crippen LogP contribution is -2.16. The van der Waals surface area contributed by atoms with E-state index in [1.165, 1.54) is 11.8 Å². The second-order valence-electron chi connectivity index (χ2n) is 4.15. The van der Waals surface area contributed by atoms with E-state index in [0.29, 0.717) is 12.2 Å². The minimum atomic E-state index is -2.98. The molecule has 0 fully saturated rings. The van der Waals surface area contributed by atoms with Crippen molar-refractivity contribution >= 4 is 21.6 Å². The van der Waals surface area contributed by atoms with E-state index in [1.54, 1.807) is 11.8 Å². The molecule has 0 saturated carbocycles. The van der Waals surface area contributed by atoms with E-state index in [-0.39, 0.29) is 5.75 Å². The molecule has 5 heteroatoms. The fraction of sp³-hybridized carbons (Fsp3) is 0.500. The van der Waals surface area contributed by atoms with Gasteiger partial charge in [-0.1, -0.05) is 18.2 Å². The Morgan fingerprint density at radius 1 is 1.35 bits per heavy atom. The van der Waals surface area contributed by atoms with Crippen molar-refractivity contribution in [1.29, 1.82) is 0 Å². The van der Waals surface area contributed by atoms with Crippen LogP contribution in [-0.2, 0) is 9.84 Å². The first kappa shape index (κ1) is 14.5. The molecule has 0 heterocycles. The minimum Gasteiger partial charge on any atom is -0.392 e. The number of rotatable bonds is 6. The molecular weight excluding hydrogens is 256 g/mol. The van der Waals surface area contributed by atoms with Crippen molar-refractivity contribution in [3.05, 3.63) is 29.8 Å². The van der Waals surface area contributed by atoms with E-state index in [4.69, 9.17) is 0 Å². The van der Waals surface area contributed by atoms with Crippen LogP contribution in [0.2, 0.25) is 0 Å². The van der Waals surface area contributed by atoms with Gasteiger partial charge >= 0.3 is 0 Å². The lowest BCUT2D eigenvalue weighted by Gasteiger charge is -2.10. The molecule has 0 aliphatic heterocycles. The van der Waals surface area contributed by atoms with E-state index < -0.39 is 15.9 Å². The molecule has 17 heavy (non-hydrogen) atoms. The lowest BCUT2D eigenvalue weighted by atomic mass is 10.2. The van der Waals surface area contributed by atoms with Crippen LogP contribution < -0.4 is 0 Å². The van der Waals surface area contributed by atoms with Crippen molar-refractivity contribution in [1.82, 2.24) is 0 Å². The number of sulfone groups is 1. The third kappa shape index (κ3) is 6.10. The Hall–Kier alpha value is -0.520. The molecule has 1 N–H and O–H groups in total. The van der Waals surface area contributed by atoms with Crippen LogP contribution in [-0.4, -0.2) is 37.4 Å². The van der Waals surface area contributed by atoms with Crippen molar-refractivity contribution in [3.8, 4) is 0 Å². The molecule has 0 aliphatic carbocycles. The molecule has 0 amide bonds. The zero-order chi connectivity index (χ0) is 12.9. The predicted molar refractivity (Wildman–Crippen MR) is 72.2 cm³/mol. The van der Waals surface area contributed by atoms with Gasteiger partial charge in [-0.3, -0.25) is 0 Å². The molecule has 96 valence electrons. The summed E-state index contributed by atoms with van der Waals surface area (Å²) in [6.45, 7) is 2.02. The van der Waals surface area contributed by atoms with Gasteiger partial charge in [0.25, 0.3) is 0 Å². The first-order chi connectivity index (χ1) is 7.88. The molecular formula is C12H18O3S2. The van der Waals surface area contributed by atoms with E-state index in [0.717, 1.165) is 4.90 Å². The molecule has 0 aromatic heterocycles. The van der Waals surface area contributed by atoms with Crippen molar-refractivity contribution in [2.75, 3.05) is 17.8 Å². The van der Waals surface area contributed by atoms with Gasteiger partial charge in [0.2, 0.25) is 0 Å². The van der Waals surface area contributed by atoms with Crippen molar-refractivity contribution in [2.24, 2.45) is 0 Å². The zero-order valence-corrected chi connectivity index (χ0v) is 11.7. The number of hydrogen-bond donors (Lipinski definition) is 1. The first-order valence-electron chi connectivity index (χ1n) is 5.43. The van der Waals surface area contributed by atoms with Crippen molar-refractivity contribution in [2.45, 2.75) is 24.3 Å². The van der Waals surface area contributed by atoms with Crippen LogP contribution in [0.15, 0.2) is 29.2 Å². The van der Waals surface area contributed by atoms with Gasteiger partial charge in [0.1, 0.15) is 9.84 Å². The molecule has 1 rings (SSSR count). The third-order valence-corrected chi connectivity index (χ3v) is 4.64. The van der Waals surface area contributed by atoms with Crippen LogP contribution in [0.3, 0.4) is 0 Å². The summed E-state index contributed by atoms with van der Waals surface area (Å²) < 4.78 is 21.9. The van der Waals surface area contributed by atoms with Gasteiger partial charge in [-0.15, -0.1) is 11.8 Å². The van der Waals surface area contributed by atoms with Gasteiger partial charge in [0.15, 0.2) is 0 Å². The number of hydrogen-bond acceptors (Lipinski definition) is 4. The number of thioether (sulfide) groups is 1. The molecule has 1 aromatic carbocycles. The normalized spacial score (nSPS) is 13.6. The Labute approximate surface area is 107 Å². The summed E-state index contributed by atoms with van der Waals surface area (Å²) in [4.78, 5) is 1.13. The molecule has 1 atom stereocenters. The van der Waals surface area contributed by atoms with Gasteiger partial charge in [-0.05, 0) is 25.0 Å². The van der Waals surface area contributed by atoms with E-state index in [9.17, 15) is 13.5 Å². The maximum Gasteiger partial charge on any atom is 0.147 e. The summed E-state index contributed by atoms with van der Waals surface area (Å²) in [6.07, 6.45) is 0.917. The highest BCUT2D eigenvalue weighted by molar-refractivity contribution is 7.99. The Bertz CT molecular complexity index is 455. The monoisotopic (exact) mass is 274 g/mol. The largest absolute Gasteiger partial charge is 0.392 e. The van der Waals surface area contributed by atoms with Crippen LogP contribution >= 0.6 is 11.8 Å². The molecule has 0 bridgehead atoms. The van der Waals surface area contributed by atoms with Crippen LogP contribution in [0.25, 0.3) is 0 Å². The Morgan fingerprint density at radius 2 is 2.00 bits per heavy atom. The lowest BCUT2D eigenvalue weighted by molar-refractivity contribution is 0.196. The highest BCUT2D eigenvalue weighted by atomic mass is 32.2. The number of aliphatic hydroxyl groups is 1. The quantitative estimate of drug-likeness (QED) is 0.805. The zero-order valence-electron chi connectivity index (χ0n) is 10.1. The second-order valence-corrected chi connectivity index (χ2v) is 7.47. The summed E-state index contributed by atoms with van der Waals surface area (Å²) in [5, 5.41) is 9.68. The molecule has 0 spiro atoms. The van der Waals surface area contributed by atoms with Gasteiger partial charge in [0, 0.05) is 16.9 Å². The minimum absolute atomic E-state index is 0.0441. The summed E-state index contributed by atoms with van der Waals surface area (Å²) in [7, 11) is -2.98. The molecule has 0 aliphatic rings. The SMILES string of the molecule is Cc1ccccc1SCC(O)CCS(C)(=O)=O. The first-order valence-corrected chi connectivity index (χ1v) is 8.47. The highest BCUT2D eigenvalue weighted by Crippen LogP contribution is 2.23. The van der Waals surface area contributed by atoms with Gasteiger partial charge in [0.05, 0.1) is 11.9 Å². The van der Waals surface area contributed by atoms with Gasteiger partial charge < -0.3 is 5.11 Å². The van der Waals surface area contributed by atoms with E-state index in [2.05, 4.69) is 0 Å². The Balaban J connectivity index is 2.39. The molecule has 0 radical (unpaired) electrons. The maximum atomic E-state index is 10.9. The summed E-state index contributed by atoms with van der Waals surface area (Å²) in [6, 6.07) is 7.95. The standard InChI is InChI=1S/C12H18O3S2/c1-10-5-3-4-6-12(10)16-9-11(13)7-8-17(2,14)15/h3-6,11,13H,7-9H2,1-2H3. The summed E-state index contributed by atoms with van der Waals surface area (Å²) in [5.41, 5.74) is 1.17. The van der Waals surface area contributed by atoms with Crippen LogP contribution in [0.1, 0.15) is 12.0 Å². The average Bonchev–Trinajstić information content (AvgIpc) is 2.24.